The number of carbonyl (C=O) groups is 2. The molecule has 0 radical (unpaired) electrons. The Hall–Kier alpha value is -2.53. The second kappa shape index (κ2) is 7.61. The van der Waals surface area contributed by atoms with Crippen molar-refractivity contribution in [3.8, 4) is 0 Å². The lowest BCUT2D eigenvalue weighted by Gasteiger charge is -2.32. The number of carbonyl (C=O) groups excluding carboxylic acids is 2. The summed E-state index contributed by atoms with van der Waals surface area (Å²) in [5, 5.41) is 0. The van der Waals surface area contributed by atoms with Gasteiger partial charge in [-0.05, 0) is 49.7 Å². The fourth-order valence-electron chi connectivity index (χ4n) is 4.10. The summed E-state index contributed by atoms with van der Waals surface area (Å²) in [7, 11) is 0. The van der Waals surface area contributed by atoms with Crippen molar-refractivity contribution in [1.29, 1.82) is 0 Å². The number of halogens is 1. The topological polar surface area (TPSA) is 40.6 Å². The summed E-state index contributed by atoms with van der Waals surface area (Å²) in [6, 6.07) is 13.9. The summed E-state index contributed by atoms with van der Waals surface area (Å²) in [4.78, 5) is 29.0. The molecule has 1 amide bonds. The number of likely N-dealkylation sites (tertiary alicyclic amines) is 1. The Morgan fingerprint density at radius 3 is 2.59 bits per heavy atom. The smallest absolute Gasteiger partial charge is 0.231 e. The van der Waals surface area contributed by atoms with Crippen molar-refractivity contribution in [2.75, 3.05) is 31.1 Å². The molecule has 2 aliphatic heterocycles. The third kappa shape index (κ3) is 3.78. The van der Waals surface area contributed by atoms with E-state index in [1.807, 2.05) is 29.2 Å². The maximum atomic E-state index is 13.3. The molecule has 0 aromatic heterocycles. The Morgan fingerprint density at radius 1 is 1.04 bits per heavy atom. The molecule has 5 heteroatoms. The Labute approximate surface area is 158 Å². The minimum absolute atomic E-state index is 0.0396. The molecule has 0 atom stereocenters. The Bertz CT molecular complexity index is 859. The van der Waals surface area contributed by atoms with E-state index < -0.39 is 0 Å². The van der Waals surface area contributed by atoms with Crippen molar-refractivity contribution < 1.29 is 14.0 Å². The first-order valence-corrected chi connectivity index (χ1v) is 9.52. The maximum absolute atomic E-state index is 13.3. The number of Topliss-reactive ketones (excluding diaryl/α,β-unsaturated/α-hetero) is 1. The SMILES string of the molecule is O=C(c1cccc(F)c1)C1CCN(CCN2C(=O)Cc3ccccc32)CC1. The number of anilines is 1. The molecule has 4 nitrogen and oxygen atoms in total. The minimum Gasteiger partial charge on any atom is -0.311 e. The van der Waals surface area contributed by atoms with Gasteiger partial charge >= 0.3 is 0 Å². The van der Waals surface area contributed by atoms with E-state index in [2.05, 4.69) is 4.90 Å². The third-order valence-electron chi connectivity index (χ3n) is 5.63. The fourth-order valence-corrected chi connectivity index (χ4v) is 4.10. The second-order valence-corrected chi connectivity index (χ2v) is 7.34. The summed E-state index contributed by atoms with van der Waals surface area (Å²) >= 11 is 0. The summed E-state index contributed by atoms with van der Waals surface area (Å²) in [6.45, 7) is 3.14. The normalized spacial score (nSPS) is 18.0. The molecule has 0 aliphatic carbocycles. The lowest BCUT2D eigenvalue weighted by Crippen LogP contribution is -2.41. The number of hydrogen-bond acceptors (Lipinski definition) is 3. The van der Waals surface area contributed by atoms with Gasteiger partial charge in [-0.25, -0.2) is 4.39 Å². The molecule has 0 spiro atoms. The van der Waals surface area contributed by atoms with Gasteiger partial charge in [-0.1, -0.05) is 30.3 Å². The van der Waals surface area contributed by atoms with Crippen LogP contribution >= 0.6 is 0 Å². The number of benzene rings is 2. The number of para-hydroxylation sites is 1. The highest BCUT2D eigenvalue weighted by atomic mass is 19.1. The molecule has 2 heterocycles. The standard InChI is InChI=1S/C22H23FN2O2/c23-19-6-3-5-18(14-19)22(27)16-8-10-24(11-9-16)12-13-25-20-7-2-1-4-17(20)15-21(25)26/h1-7,14,16H,8-13,15H2. The number of amides is 1. The third-order valence-corrected chi connectivity index (χ3v) is 5.63. The monoisotopic (exact) mass is 366 g/mol. The van der Waals surface area contributed by atoms with Crippen molar-refractivity contribution >= 4 is 17.4 Å². The van der Waals surface area contributed by atoms with E-state index in [-0.39, 0.29) is 23.4 Å². The molecule has 2 aromatic carbocycles. The van der Waals surface area contributed by atoms with Gasteiger partial charge in [0.25, 0.3) is 0 Å². The zero-order valence-electron chi connectivity index (χ0n) is 15.2. The number of nitrogens with zero attached hydrogens (tertiary/aromatic N) is 2. The second-order valence-electron chi connectivity index (χ2n) is 7.34. The molecular formula is C22H23FN2O2. The van der Waals surface area contributed by atoms with Crippen molar-refractivity contribution in [3.63, 3.8) is 0 Å². The van der Waals surface area contributed by atoms with Gasteiger partial charge in [-0.2, -0.15) is 0 Å². The molecule has 4 rings (SSSR count). The number of piperidine rings is 1. The van der Waals surface area contributed by atoms with E-state index in [4.69, 9.17) is 0 Å². The van der Waals surface area contributed by atoms with Crippen molar-refractivity contribution in [2.45, 2.75) is 19.3 Å². The molecule has 2 aliphatic rings. The number of hydrogen-bond donors (Lipinski definition) is 0. The van der Waals surface area contributed by atoms with Gasteiger partial charge in [0.1, 0.15) is 5.82 Å². The Balaban J connectivity index is 1.30. The zero-order valence-corrected chi connectivity index (χ0v) is 15.2. The summed E-state index contributed by atoms with van der Waals surface area (Å²) < 4.78 is 13.3. The molecule has 0 bridgehead atoms. The summed E-state index contributed by atoms with van der Waals surface area (Å²) in [6.07, 6.45) is 2.04. The van der Waals surface area contributed by atoms with Gasteiger partial charge in [-0.3, -0.25) is 9.59 Å². The van der Waals surface area contributed by atoms with Crippen LogP contribution in [0.4, 0.5) is 10.1 Å². The van der Waals surface area contributed by atoms with Crippen LogP contribution in [0.3, 0.4) is 0 Å². The Morgan fingerprint density at radius 2 is 1.81 bits per heavy atom. The quantitative estimate of drug-likeness (QED) is 0.763. The summed E-state index contributed by atoms with van der Waals surface area (Å²) in [5.74, 6) is -0.212. The van der Waals surface area contributed by atoms with Crippen molar-refractivity contribution in [2.24, 2.45) is 5.92 Å². The first kappa shape index (κ1) is 17.9. The van der Waals surface area contributed by atoms with Gasteiger partial charge in [-0.15, -0.1) is 0 Å². The molecule has 2 aromatic rings. The molecular weight excluding hydrogens is 343 g/mol. The molecule has 27 heavy (non-hydrogen) atoms. The predicted molar refractivity (Wildman–Crippen MR) is 102 cm³/mol. The largest absolute Gasteiger partial charge is 0.311 e. The zero-order chi connectivity index (χ0) is 18.8. The van der Waals surface area contributed by atoms with Gasteiger partial charge in [0.05, 0.1) is 6.42 Å². The van der Waals surface area contributed by atoms with Crippen LogP contribution in [0.2, 0.25) is 0 Å². The van der Waals surface area contributed by atoms with Crippen molar-refractivity contribution in [1.82, 2.24) is 4.90 Å². The first-order chi connectivity index (χ1) is 13.1. The molecule has 1 fully saturated rings. The van der Waals surface area contributed by atoms with E-state index >= 15 is 0 Å². The molecule has 0 unspecified atom stereocenters. The first-order valence-electron chi connectivity index (χ1n) is 9.52. The van der Waals surface area contributed by atoms with Crippen LogP contribution in [0, 0.1) is 11.7 Å². The van der Waals surface area contributed by atoms with Crippen LogP contribution in [-0.2, 0) is 11.2 Å². The van der Waals surface area contributed by atoms with Gasteiger partial charge in [0.15, 0.2) is 5.78 Å². The van der Waals surface area contributed by atoms with E-state index in [1.54, 1.807) is 12.1 Å². The van der Waals surface area contributed by atoms with Crippen LogP contribution in [0.5, 0.6) is 0 Å². The highest BCUT2D eigenvalue weighted by Crippen LogP contribution is 2.28. The number of rotatable bonds is 5. The fraction of sp³-hybridized carbons (Fsp3) is 0.364. The predicted octanol–water partition coefficient (Wildman–Crippen LogP) is 3.31. The highest BCUT2D eigenvalue weighted by molar-refractivity contribution is 6.01. The van der Waals surface area contributed by atoms with Crippen LogP contribution in [0.1, 0.15) is 28.8 Å². The van der Waals surface area contributed by atoms with E-state index in [0.29, 0.717) is 18.5 Å². The van der Waals surface area contributed by atoms with E-state index in [9.17, 15) is 14.0 Å². The number of fused-ring (bicyclic) bond motifs is 1. The summed E-state index contributed by atoms with van der Waals surface area (Å²) in [5.41, 5.74) is 2.59. The molecule has 0 saturated carbocycles. The maximum Gasteiger partial charge on any atom is 0.231 e. The van der Waals surface area contributed by atoms with Crippen molar-refractivity contribution in [3.05, 3.63) is 65.5 Å². The van der Waals surface area contributed by atoms with Gasteiger partial charge in [0, 0.05) is 30.3 Å². The molecule has 140 valence electrons. The van der Waals surface area contributed by atoms with E-state index in [1.165, 1.54) is 12.1 Å². The minimum atomic E-state index is -0.367. The van der Waals surface area contributed by atoms with Crippen LogP contribution < -0.4 is 4.90 Å². The lowest BCUT2D eigenvalue weighted by atomic mass is 9.89. The van der Waals surface area contributed by atoms with Crippen LogP contribution in [0.15, 0.2) is 48.5 Å². The lowest BCUT2D eigenvalue weighted by molar-refractivity contribution is -0.117. The van der Waals surface area contributed by atoms with Crippen LogP contribution in [0.25, 0.3) is 0 Å². The van der Waals surface area contributed by atoms with E-state index in [0.717, 1.165) is 43.7 Å². The average Bonchev–Trinajstić information content (AvgIpc) is 3.01. The molecule has 0 N–H and O–H groups in total. The highest BCUT2D eigenvalue weighted by Gasteiger charge is 2.29. The average molecular weight is 366 g/mol. The number of ketones is 1. The van der Waals surface area contributed by atoms with Gasteiger partial charge in [0.2, 0.25) is 5.91 Å². The van der Waals surface area contributed by atoms with Gasteiger partial charge < -0.3 is 9.80 Å². The Kier molecular flexibility index (Phi) is 5.03. The van der Waals surface area contributed by atoms with Crippen LogP contribution in [-0.4, -0.2) is 42.8 Å². The molecule has 1 saturated heterocycles.